The van der Waals surface area contributed by atoms with Crippen molar-refractivity contribution >= 4 is 52.9 Å². The van der Waals surface area contributed by atoms with E-state index in [1.54, 1.807) is 4.90 Å². The van der Waals surface area contributed by atoms with Crippen LogP contribution in [0.1, 0.15) is 37.8 Å². The van der Waals surface area contributed by atoms with Crippen LogP contribution in [0.3, 0.4) is 0 Å². The molecule has 20 heteroatoms. The van der Waals surface area contributed by atoms with Gasteiger partial charge >= 0.3 is 12.1 Å². The molecule has 2 aromatic carbocycles. The van der Waals surface area contributed by atoms with E-state index in [4.69, 9.17) is 15.2 Å². The van der Waals surface area contributed by atoms with E-state index < -0.39 is 69.0 Å². The van der Waals surface area contributed by atoms with Gasteiger partial charge in [0.1, 0.15) is 25.0 Å². The molecule has 0 spiro atoms. The maximum absolute atomic E-state index is 14.2. The van der Waals surface area contributed by atoms with Gasteiger partial charge in [0.2, 0.25) is 17.7 Å². The van der Waals surface area contributed by atoms with Crippen molar-refractivity contribution in [3.63, 3.8) is 0 Å². The molecule has 0 radical (unpaired) electrons. The molecule has 6 atom stereocenters. The quantitative estimate of drug-likeness (QED) is 0.127. The third-order valence-corrected chi connectivity index (χ3v) is 12.2. The summed E-state index contributed by atoms with van der Waals surface area (Å²) >= 11 is 1.25. The summed E-state index contributed by atoms with van der Waals surface area (Å²) < 4.78 is 11.3. The summed E-state index contributed by atoms with van der Waals surface area (Å²) in [5, 5.41) is 32.2. The number of fused-ring (bicyclic) bond motifs is 1. The Balaban J connectivity index is 1.24. The van der Waals surface area contributed by atoms with Gasteiger partial charge in [0.05, 0.1) is 34.5 Å². The zero-order chi connectivity index (χ0) is 41.1. The number of nitro groups is 2. The smallest absolute Gasteiger partial charge is 0.410 e. The summed E-state index contributed by atoms with van der Waals surface area (Å²) in [5.41, 5.74) is 6.12. The SMILES string of the molecule is C[C@@H](O)[C@H]1C(=O)N2C(C(=O)OCc3ccc([N+](=O)[O-])cc3)=C(S[C@H]3C[C@@H](C(=O)N4CCCN(CC(N)=O)CC4)N(C(=O)OCc4ccc([N+](=O)[O-])cc4)C3)[C@H](C)[C@H]12. The lowest BCUT2D eigenvalue weighted by Crippen LogP contribution is -2.63. The first-order valence-corrected chi connectivity index (χ1v) is 19.3. The van der Waals surface area contributed by atoms with Gasteiger partial charge < -0.3 is 30.1 Å². The maximum atomic E-state index is 14.2. The average Bonchev–Trinajstić information content (AvgIpc) is 3.59. The molecule has 4 amide bonds. The number of hydrogen-bond acceptors (Lipinski definition) is 14. The van der Waals surface area contributed by atoms with Crippen LogP contribution in [0.5, 0.6) is 0 Å². The number of nitrogens with zero attached hydrogens (tertiary/aromatic N) is 6. The van der Waals surface area contributed by atoms with Crippen LogP contribution in [0.15, 0.2) is 59.1 Å². The topological polar surface area (TPSA) is 249 Å². The number of nitrogens with two attached hydrogens (primary N) is 1. The van der Waals surface area contributed by atoms with Gasteiger partial charge in [0.25, 0.3) is 11.4 Å². The fourth-order valence-electron chi connectivity index (χ4n) is 7.82. The molecule has 0 saturated carbocycles. The van der Waals surface area contributed by atoms with Crippen LogP contribution in [0, 0.1) is 32.1 Å². The Morgan fingerprint density at radius 3 is 2.09 bits per heavy atom. The van der Waals surface area contributed by atoms with Crippen molar-refractivity contribution in [3.8, 4) is 0 Å². The number of carbonyl (C=O) groups is 5. The first-order valence-electron chi connectivity index (χ1n) is 18.4. The molecule has 2 aromatic rings. The number of benzene rings is 2. The number of β-lactam (4-membered cyclic amide) rings is 1. The molecule has 0 aromatic heterocycles. The monoisotopic (exact) mass is 809 g/mol. The third-order valence-electron chi connectivity index (χ3n) is 10.7. The van der Waals surface area contributed by atoms with Crippen LogP contribution in [-0.2, 0) is 41.9 Å². The minimum atomic E-state index is -0.995. The number of non-ortho nitro benzene ring substituents is 2. The van der Waals surface area contributed by atoms with E-state index in [1.807, 2.05) is 11.8 Å². The third kappa shape index (κ3) is 8.87. The van der Waals surface area contributed by atoms with Gasteiger partial charge in [-0.25, -0.2) is 9.59 Å². The number of ether oxygens (including phenoxy) is 2. The van der Waals surface area contributed by atoms with Gasteiger partial charge in [-0.15, -0.1) is 11.8 Å². The van der Waals surface area contributed by atoms with Gasteiger partial charge in [-0.3, -0.25) is 44.4 Å². The van der Waals surface area contributed by atoms with Crippen LogP contribution in [0.4, 0.5) is 16.2 Å². The number of likely N-dealkylation sites (tertiary alicyclic amines) is 1. The van der Waals surface area contributed by atoms with E-state index in [0.717, 1.165) is 0 Å². The van der Waals surface area contributed by atoms with E-state index in [1.165, 1.54) is 77.0 Å². The Morgan fingerprint density at radius 2 is 1.53 bits per heavy atom. The molecular weight excluding hydrogens is 767 g/mol. The first kappa shape index (κ1) is 41.0. The molecule has 0 unspecified atom stereocenters. The highest BCUT2D eigenvalue weighted by molar-refractivity contribution is 8.03. The zero-order valence-corrected chi connectivity index (χ0v) is 32.1. The fraction of sp³-hybridized carbons (Fsp3) is 0.486. The molecule has 3 N–H and O–H groups in total. The predicted octanol–water partition coefficient (Wildman–Crippen LogP) is 2.15. The molecule has 6 rings (SSSR count). The van der Waals surface area contributed by atoms with E-state index in [2.05, 4.69) is 0 Å². The number of amides is 4. The predicted molar refractivity (Wildman–Crippen MR) is 201 cm³/mol. The molecule has 4 aliphatic heterocycles. The van der Waals surface area contributed by atoms with Crippen LogP contribution in [-0.4, -0.2) is 127 Å². The minimum absolute atomic E-state index is 0.00504. The number of rotatable bonds is 13. The molecule has 0 aliphatic carbocycles. The zero-order valence-electron chi connectivity index (χ0n) is 31.3. The number of esters is 1. The van der Waals surface area contributed by atoms with Crippen LogP contribution in [0.25, 0.3) is 0 Å². The number of hydrogen-bond donors (Lipinski definition) is 2. The van der Waals surface area contributed by atoms with Crippen molar-refractivity contribution in [3.05, 3.63) is 90.5 Å². The van der Waals surface area contributed by atoms with Crippen molar-refractivity contribution in [2.24, 2.45) is 17.6 Å². The van der Waals surface area contributed by atoms with Gasteiger partial charge in [-0.2, -0.15) is 0 Å². The lowest BCUT2D eigenvalue weighted by molar-refractivity contribution is -0.385. The first-order chi connectivity index (χ1) is 27.1. The number of carbonyl (C=O) groups excluding carboxylic acids is 5. The second kappa shape index (κ2) is 17.3. The highest BCUT2D eigenvalue weighted by atomic mass is 32.2. The number of primary amides is 1. The second-order valence-corrected chi connectivity index (χ2v) is 15.9. The normalized spacial score (nSPS) is 24.0. The summed E-state index contributed by atoms with van der Waals surface area (Å²) in [4.78, 5) is 94.5. The van der Waals surface area contributed by atoms with Crippen LogP contribution < -0.4 is 5.73 Å². The summed E-state index contributed by atoms with van der Waals surface area (Å²) in [6.45, 7) is 4.58. The standard InChI is InChI=1S/C37H43N7O12S/c1-21-31-30(22(2)45)35(48)42(31)32(36(49)55-19-23-4-8-25(9-5-23)43(51)52)33(21)57-27-16-28(34(47)40-13-3-12-39(14-15-40)18-29(38)46)41(17-27)37(50)56-20-24-6-10-26(11-7-24)44(53)54/h4-11,21-22,27-28,30-31,45H,3,12-20H2,1-2H3,(H2,38,46)/t21-,22-,27+,28+,30-,31-/m1/s1. The largest absolute Gasteiger partial charge is 0.456 e. The number of thioether (sulfide) groups is 1. The average molecular weight is 810 g/mol. The minimum Gasteiger partial charge on any atom is -0.456 e. The molecule has 0 bridgehead atoms. The van der Waals surface area contributed by atoms with Gasteiger partial charge in [-0.1, -0.05) is 6.92 Å². The van der Waals surface area contributed by atoms with Crippen molar-refractivity contribution in [2.45, 2.75) is 63.3 Å². The van der Waals surface area contributed by atoms with Crippen molar-refractivity contribution in [1.29, 1.82) is 0 Å². The lowest BCUT2D eigenvalue weighted by atomic mass is 9.79. The molecule has 3 saturated heterocycles. The maximum Gasteiger partial charge on any atom is 0.410 e. The molecule has 57 heavy (non-hydrogen) atoms. The molecule has 4 heterocycles. The molecule has 19 nitrogen and oxygen atoms in total. The number of aliphatic hydroxyl groups is 1. The Morgan fingerprint density at radius 1 is 0.930 bits per heavy atom. The van der Waals surface area contributed by atoms with Gasteiger partial charge in [0, 0.05) is 73.1 Å². The summed E-state index contributed by atoms with van der Waals surface area (Å²) in [5.74, 6) is -3.25. The highest BCUT2D eigenvalue weighted by Gasteiger charge is 2.60. The van der Waals surface area contributed by atoms with Gasteiger partial charge in [0.15, 0.2) is 0 Å². The van der Waals surface area contributed by atoms with Gasteiger partial charge in [-0.05, 0) is 55.2 Å². The lowest BCUT2D eigenvalue weighted by Gasteiger charge is -2.46. The van der Waals surface area contributed by atoms with E-state index in [-0.39, 0.29) is 55.7 Å². The van der Waals surface area contributed by atoms with E-state index in [9.17, 15) is 49.3 Å². The second-order valence-electron chi connectivity index (χ2n) is 14.5. The van der Waals surface area contributed by atoms with E-state index >= 15 is 0 Å². The van der Waals surface area contributed by atoms with Crippen molar-refractivity contribution < 1.29 is 48.4 Å². The van der Waals surface area contributed by atoms with E-state index in [0.29, 0.717) is 48.6 Å². The number of aliphatic hydroxyl groups excluding tert-OH is 1. The Labute approximate surface area is 331 Å². The van der Waals surface area contributed by atoms with Crippen molar-refractivity contribution in [1.82, 2.24) is 19.6 Å². The number of nitro benzene ring substituents is 2. The summed E-state index contributed by atoms with van der Waals surface area (Å²) in [6.07, 6.45) is -1.05. The van der Waals surface area contributed by atoms with Crippen molar-refractivity contribution in [2.75, 3.05) is 39.3 Å². The van der Waals surface area contributed by atoms with Crippen LogP contribution in [0.2, 0.25) is 0 Å². The molecular formula is C37H43N7O12S. The summed E-state index contributed by atoms with van der Waals surface area (Å²) in [7, 11) is 0. The molecule has 3 fully saturated rings. The molecule has 304 valence electrons. The molecule has 4 aliphatic rings. The summed E-state index contributed by atoms with van der Waals surface area (Å²) in [6, 6.07) is 9.49. The highest BCUT2D eigenvalue weighted by Crippen LogP contribution is 2.52. The van der Waals surface area contributed by atoms with Crippen LogP contribution >= 0.6 is 11.8 Å². The fourth-order valence-corrected chi connectivity index (χ4v) is 9.34. The Kier molecular flexibility index (Phi) is 12.4. The Bertz CT molecular complexity index is 1960. The Hall–Kier alpha value is -5.60.